The lowest BCUT2D eigenvalue weighted by Gasteiger charge is -2.31. The van der Waals surface area contributed by atoms with Crippen LogP contribution in [-0.4, -0.2) is 58.4 Å². The molecule has 1 heterocycles. The number of sulfonamides is 1. The minimum atomic E-state index is -3.70. The van der Waals surface area contributed by atoms with E-state index in [1.807, 2.05) is 0 Å². The van der Waals surface area contributed by atoms with Gasteiger partial charge in [0.2, 0.25) is 21.8 Å². The smallest absolute Gasteiger partial charge is 0.243 e. The van der Waals surface area contributed by atoms with Crippen molar-refractivity contribution in [2.75, 3.05) is 39.2 Å². The maximum absolute atomic E-state index is 13.0. The Morgan fingerprint density at radius 3 is 2.21 bits per heavy atom. The predicted octanol–water partition coefficient (Wildman–Crippen LogP) is 2.25. The van der Waals surface area contributed by atoms with E-state index in [1.165, 1.54) is 23.5 Å². The Hall–Kier alpha value is -3.11. The molecule has 2 N–H and O–H groups in total. The van der Waals surface area contributed by atoms with Crippen molar-refractivity contribution in [1.29, 1.82) is 0 Å². The number of piperidine rings is 1. The molecule has 0 radical (unpaired) electrons. The highest BCUT2D eigenvalue weighted by atomic mass is 32.2. The molecule has 0 saturated carbocycles. The molecule has 1 fully saturated rings. The summed E-state index contributed by atoms with van der Waals surface area (Å²) in [5.74, 6) is 0.322. The Morgan fingerprint density at radius 2 is 1.61 bits per heavy atom. The van der Waals surface area contributed by atoms with E-state index in [2.05, 4.69) is 10.6 Å². The molecule has 1 aliphatic heterocycles. The molecule has 2 aromatic rings. The number of carbonyl (C=O) groups excluding carboxylic acids is 2. The van der Waals surface area contributed by atoms with Gasteiger partial charge in [-0.2, -0.15) is 4.31 Å². The molecule has 33 heavy (non-hydrogen) atoms. The highest BCUT2D eigenvalue weighted by Gasteiger charge is 2.33. The van der Waals surface area contributed by atoms with Gasteiger partial charge in [-0.05, 0) is 61.4 Å². The van der Waals surface area contributed by atoms with E-state index in [1.54, 1.807) is 43.5 Å². The van der Waals surface area contributed by atoms with Crippen LogP contribution >= 0.6 is 0 Å². The second-order valence-corrected chi connectivity index (χ2v) is 9.63. The first-order valence-electron chi connectivity index (χ1n) is 10.7. The maximum atomic E-state index is 13.0. The number of anilines is 1. The van der Waals surface area contributed by atoms with Gasteiger partial charge in [0.05, 0.1) is 25.0 Å². The monoisotopic (exact) mass is 475 g/mol. The van der Waals surface area contributed by atoms with Crippen molar-refractivity contribution in [2.45, 2.75) is 24.2 Å². The molecular formula is C23H29N3O6S. The number of benzene rings is 2. The van der Waals surface area contributed by atoms with Crippen molar-refractivity contribution in [3.05, 3.63) is 48.5 Å². The van der Waals surface area contributed by atoms with Crippen molar-refractivity contribution in [3.8, 4) is 11.5 Å². The van der Waals surface area contributed by atoms with Crippen LogP contribution in [0.1, 0.15) is 19.3 Å². The van der Waals surface area contributed by atoms with Gasteiger partial charge >= 0.3 is 0 Å². The molecule has 9 nitrogen and oxygen atoms in total. The van der Waals surface area contributed by atoms with Gasteiger partial charge in [-0.25, -0.2) is 8.42 Å². The van der Waals surface area contributed by atoms with E-state index in [0.717, 1.165) is 0 Å². The highest BCUT2D eigenvalue weighted by Crippen LogP contribution is 2.25. The highest BCUT2D eigenvalue weighted by molar-refractivity contribution is 7.89. The molecule has 2 aromatic carbocycles. The Kier molecular flexibility index (Phi) is 8.29. The lowest BCUT2D eigenvalue weighted by Crippen LogP contribution is -2.45. The fraction of sp³-hybridized carbons (Fsp3) is 0.391. The summed E-state index contributed by atoms with van der Waals surface area (Å²) in [6.07, 6.45) is 1.29. The summed E-state index contributed by atoms with van der Waals surface area (Å²) in [7, 11) is -0.623. The fourth-order valence-electron chi connectivity index (χ4n) is 3.61. The average molecular weight is 476 g/mol. The third kappa shape index (κ3) is 6.45. The Morgan fingerprint density at radius 1 is 1.00 bits per heavy atom. The fourth-order valence-corrected chi connectivity index (χ4v) is 5.14. The summed E-state index contributed by atoms with van der Waals surface area (Å²) in [4.78, 5) is 24.9. The van der Waals surface area contributed by atoms with Crippen LogP contribution in [0.3, 0.4) is 0 Å². The number of carbonyl (C=O) groups is 2. The van der Waals surface area contributed by atoms with Gasteiger partial charge in [0.25, 0.3) is 0 Å². The van der Waals surface area contributed by atoms with Gasteiger partial charge in [-0.1, -0.05) is 0 Å². The normalized spacial score (nSPS) is 16.6. The van der Waals surface area contributed by atoms with E-state index in [4.69, 9.17) is 9.47 Å². The van der Waals surface area contributed by atoms with Crippen molar-refractivity contribution in [1.82, 2.24) is 9.62 Å². The van der Waals surface area contributed by atoms with Gasteiger partial charge in [-0.3, -0.25) is 9.59 Å². The largest absolute Gasteiger partial charge is 0.497 e. The van der Waals surface area contributed by atoms with Crippen molar-refractivity contribution in [3.63, 3.8) is 0 Å². The molecular weight excluding hydrogens is 446 g/mol. The standard InChI is InChI=1S/C23H29N3O6S/c1-31-19-7-5-18(6-8-19)25-22(27)13-14-24-23(28)17-4-3-15-26(16-17)33(29,30)21-11-9-20(32-2)10-12-21/h5-12,17H,3-4,13-16H2,1-2H3,(H,24,28)(H,25,27)/t17-/m1/s1. The van der Waals surface area contributed by atoms with Crippen molar-refractivity contribution < 1.29 is 27.5 Å². The third-order valence-corrected chi connectivity index (χ3v) is 7.36. The molecule has 0 unspecified atom stereocenters. The molecule has 178 valence electrons. The Labute approximate surface area is 194 Å². The van der Waals surface area contributed by atoms with Crippen LogP contribution in [-0.2, 0) is 19.6 Å². The minimum Gasteiger partial charge on any atom is -0.497 e. The first-order chi connectivity index (χ1) is 15.8. The average Bonchev–Trinajstić information content (AvgIpc) is 2.84. The van der Waals surface area contributed by atoms with E-state index in [0.29, 0.717) is 36.6 Å². The number of amides is 2. The SMILES string of the molecule is COc1ccc(NC(=O)CCNC(=O)[C@@H]2CCCN(S(=O)(=O)c3ccc(OC)cc3)C2)cc1. The zero-order valence-corrected chi connectivity index (χ0v) is 19.6. The van der Waals surface area contributed by atoms with Crippen LogP contribution in [0.5, 0.6) is 11.5 Å². The molecule has 0 aromatic heterocycles. The second-order valence-electron chi connectivity index (χ2n) is 7.70. The minimum absolute atomic E-state index is 0.109. The molecule has 0 aliphatic carbocycles. The summed E-state index contributed by atoms with van der Waals surface area (Å²) in [5, 5.41) is 5.51. The lowest BCUT2D eigenvalue weighted by atomic mass is 9.99. The number of ether oxygens (including phenoxy) is 2. The second kappa shape index (κ2) is 11.2. The van der Waals surface area contributed by atoms with Gasteiger partial charge in [0.15, 0.2) is 0 Å². The number of rotatable bonds is 9. The van der Waals surface area contributed by atoms with Gasteiger partial charge < -0.3 is 20.1 Å². The van der Waals surface area contributed by atoms with Gasteiger partial charge in [0.1, 0.15) is 11.5 Å². The maximum Gasteiger partial charge on any atom is 0.243 e. The first-order valence-corrected chi connectivity index (χ1v) is 12.1. The summed E-state index contributed by atoms with van der Waals surface area (Å²) in [6.45, 7) is 0.642. The van der Waals surface area contributed by atoms with E-state index in [9.17, 15) is 18.0 Å². The number of methoxy groups -OCH3 is 2. The summed E-state index contributed by atoms with van der Waals surface area (Å²) < 4.78 is 37.4. The number of hydrogen-bond acceptors (Lipinski definition) is 6. The quantitative estimate of drug-likeness (QED) is 0.575. The molecule has 1 atom stereocenters. The lowest BCUT2D eigenvalue weighted by molar-refractivity contribution is -0.126. The van der Waals surface area contributed by atoms with Crippen LogP contribution in [0.2, 0.25) is 0 Å². The Bertz CT molecular complexity index is 1050. The third-order valence-electron chi connectivity index (χ3n) is 5.48. The van der Waals surface area contributed by atoms with E-state index >= 15 is 0 Å². The zero-order valence-electron chi connectivity index (χ0n) is 18.7. The number of nitrogens with zero attached hydrogens (tertiary/aromatic N) is 1. The van der Waals surface area contributed by atoms with Crippen LogP contribution < -0.4 is 20.1 Å². The topological polar surface area (TPSA) is 114 Å². The van der Waals surface area contributed by atoms with Crippen LogP contribution in [0.15, 0.2) is 53.4 Å². The van der Waals surface area contributed by atoms with E-state index in [-0.39, 0.29) is 36.2 Å². The number of nitrogens with one attached hydrogen (secondary N) is 2. The predicted molar refractivity (Wildman–Crippen MR) is 124 cm³/mol. The van der Waals surface area contributed by atoms with Crippen LogP contribution in [0, 0.1) is 5.92 Å². The van der Waals surface area contributed by atoms with Crippen LogP contribution in [0.25, 0.3) is 0 Å². The summed E-state index contributed by atoms with van der Waals surface area (Å²) in [5.41, 5.74) is 0.638. The molecule has 10 heteroatoms. The molecule has 1 aliphatic rings. The van der Waals surface area contributed by atoms with Crippen molar-refractivity contribution in [2.24, 2.45) is 5.92 Å². The van der Waals surface area contributed by atoms with Crippen LogP contribution in [0.4, 0.5) is 5.69 Å². The van der Waals surface area contributed by atoms with Gasteiger partial charge in [0, 0.05) is 31.7 Å². The Balaban J connectivity index is 1.49. The zero-order chi connectivity index (χ0) is 23.8. The molecule has 2 amide bonds. The number of hydrogen-bond donors (Lipinski definition) is 2. The van der Waals surface area contributed by atoms with E-state index < -0.39 is 15.9 Å². The molecule has 1 saturated heterocycles. The summed E-state index contributed by atoms with van der Waals surface area (Å²) in [6, 6.07) is 13.1. The first kappa shape index (κ1) is 24.5. The molecule has 0 spiro atoms. The molecule has 3 rings (SSSR count). The van der Waals surface area contributed by atoms with Crippen molar-refractivity contribution >= 4 is 27.5 Å². The summed E-state index contributed by atoms with van der Waals surface area (Å²) >= 11 is 0. The molecule has 0 bridgehead atoms. The van der Waals surface area contributed by atoms with Gasteiger partial charge in [-0.15, -0.1) is 0 Å².